The second-order valence-corrected chi connectivity index (χ2v) is 8.19. The van der Waals surface area contributed by atoms with E-state index in [0.29, 0.717) is 17.1 Å². The van der Waals surface area contributed by atoms with E-state index in [4.69, 9.17) is 4.74 Å². The summed E-state index contributed by atoms with van der Waals surface area (Å²) >= 11 is 1.46. The summed E-state index contributed by atoms with van der Waals surface area (Å²) in [5, 5.41) is 9.13. The van der Waals surface area contributed by atoms with Crippen molar-refractivity contribution in [2.45, 2.75) is 51.1 Å². The van der Waals surface area contributed by atoms with Gasteiger partial charge in [-0.15, -0.1) is 11.3 Å². The predicted molar refractivity (Wildman–Crippen MR) is 105 cm³/mol. The first-order chi connectivity index (χ1) is 12.6. The summed E-state index contributed by atoms with van der Waals surface area (Å²) in [7, 11) is 1.66. The number of carbonyl (C=O) groups excluding carboxylic acids is 1. The lowest BCUT2D eigenvalue weighted by Gasteiger charge is -2.24. The Bertz CT molecular complexity index is 790. The molecular formula is C20H25N3O2S. The minimum Gasteiger partial charge on any atom is -0.496 e. The molecule has 1 aliphatic carbocycles. The minimum absolute atomic E-state index is 0.0384. The summed E-state index contributed by atoms with van der Waals surface area (Å²) in [4.78, 5) is 17.3. The highest BCUT2D eigenvalue weighted by molar-refractivity contribution is 7.14. The Kier molecular flexibility index (Phi) is 4.96. The lowest BCUT2D eigenvalue weighted by molar-refractivity contribution is -0.117. The van der Waals surface area contributed by atoms with E-state index < -0.39 is 0 Å². The maximum Gasteiger partial charge on any atom is 0.243 e. The summed E-state index contributed by atoms with van der Waals surface area (Å²) in [5.74, 6) is 1.49. The molecule has 2 fully saturated rings. The highest BCUT2D eigenvalue weighted by atomic mass is 32.1. The van der Waals surface area contributed by atoms with Crippen molar-refractivity contribution in [3.63, 3.8) is 0 Å². The number of carbonyl (C=O) groups is 1. The van der Waals surface area contributed by atoms with Crippen LogP contribution in [0.15, 0.2) is 23.6 Å². The fourth-order valence-corrected chi connectivity index (χ4v) is 4.90. The minimum atomic E-state index is -0.0936. The summed E-state index contributed by atoms with van der Waals surface area (Å²) in [6.07, 6.45) is 5.96. The molecule has 2 N–H and O–H groups in total. The second kappa shape index (κ2) is 7.37. The number of amides is 1. The number of fused-ring (bicyclic) bond motifs is 1. The SMILES string of the molecule is COc1ccc(C)cc1-c1csc(NC(=O)C2CC3CCCCC3N2)n1. The molecule has 1 saturated heterocycles. The molecule has 3 atom stereocenters. The number of aromatic nitrogens is 1. The molecule has 0 bridgehead atoms. The van der Waals surface area contributed by atoms with Gasteiger partial charge in [-0.25, -0.2) is 4.98 Å². The van der Waals surface area contributed by atoms with E-state index in [9.17, 15) is 4.79 Å². The van der Waals surface area contributed by atoms with Crippen molar-refractivity contribution in [3.8, 4) is 17.0 Å². The number of nitrogens with one attached hydrogen (secondary N) is 2. The number of aryl methyl sites for hydroxylation is 1. The van der Waals surface area contributed by atoms with Gasteiger partial charge >= 0.3 is 0 Å². The number of anilines is 1. The highest BCUT2D eigenvalue weighted by Gasteiger charge is 2.38. The smallest absolute Gasteiger partial charge is 0.243 e. The van der Waals surface area contributed by atoms with Crippen LogP contribution in [-0.2, 0) is 4.79 Å². The molecule has 5 nitrogen and oxygen atoms in total. The molecule has 138 valence electrons. The fourth-order valence-electron chi connectivity index (χ4n) is 4.19. The number of ether oxygens (including phenoxy) is 1. The van der Waals surface area contributed by atoms with Crippen LogP contribution in [0.25, 0.3) is 11.3 Å². The lowest BCUT2D eigenvalue weighted by atomic mass is 9.85. The monoisotopic (exact) mass is 371 g/mol. The third kappa shape index (κ3) is 3.48. The Morgan fingerprint density at radius 1 is 1.35 bits per heavy atom. The van der Waals surface area contributed by atoms with Gasteiger partial charge in [0.05, 0.1) is 18.8 Å². The third-order valence-electron chi connectivity index (χ3n) is 5.54. The third-order valence-corrected chi connectivity index (χ3v) is 6.30. The van der Waals surface area contributed by atoms with E-state index in [0.717, 1.165) is 29.0 Å². The van der Waals surface area contributed by atoms with E-state index in [1.165, 1.54) is 37.0 Å². The molecule has 1 aromatic heterocycles. The standard InChI is InChI=1S/C20H25N3O2S/c1-12-7-8-18(25-2)14(9-12)17-11-26-20(22-17)23-19(24)16-10-13-5-3-4-6-15(13)21-16/h7-9,11,13,15-16,21H,3-6,10H2,1-2H3,(H,22,23,24). The summed E-state index contributed by atoms with van der Waals surface area (Å²) in [6, 6.07) is 6.45. The van der Waals surface area contributed by atoms with Crippen LogP contribution in [0.4, 0.5) is 5.13 Å². The Morgan fingerprint density at radius 2 is 2.19 bits per heavy atom. The molecule has 0 spiro atoms. The summed E-state index contributed by atoms with van der Waals surface area (Å²) < 4.78 is 5.45. The van der Waals surface area contributed by atoms with Gasteiger partial charge in [-0.2, -0.15) is 0 Å². The molecule has 2 aliphatic rings. The van der Waals surface area contributed by atoms with Gasteiger partial charge in [0.15, 0.2) is 5.13 Å². The number of hydrogen-bond donors (Lipinski definition) is 2. The predicted octanol–water partition coefficient (Wildman–Crippen LogP) is 3.99. The van der Waals surface area contributed by atoms with Crippen molar-refractivity contribution in [1.29, 1.82) is 0 Å². The van der Waals surface area contributed by atoms with E-state index in [1.54, 1.807) is 7.11 Å². The maximum atomic E-state index is 12.6. The number of hydrogen-bond acceptors (Lipinski definition) is 5. The Hall–Kier alpha value is -1.92. The molecule has 3 unspecified atom stereocenters. The number of methoxy groups -OCH3 is 1. The molecule has 2 heterocycles. The van der Waals surface area contributed by atoms with Crippen molar-refractivity contribution >= 4 is 22.4 Å². The van der Waals surface area contributed by atoms with Gasteiger partial charge in [0.2, 0.25) is 5.91 Å². The molecule has 1 aliphatic heterocycles. The van der Waals surface area contributed by atoms with Crippen LogP contribution in [0.3, 0.4) is 0 Å². The van der Waals surface area contributed by atoms with Gasteiger partial charge in [0.1, 0.15) is 5.75 Å². The first kappa shape index (κ1) is 17.5. The van der Waals surface area contributed by atoms with Gasteiger partial charge in [-0.05, 0) is 44.2 Å². The van der Waals surface area contributed by atoms with Crippen LogP contribution < -0.4 is 15.4 Å². The van der Waals surface area contributed by atoms with E-state index in [-0.39, 0.29) is 11.9 Å². The molecular weight excluding hydrogens is 346 g/mol. The van der Waals surface area contributed by atoms with Crippen LogP contribution in [0.1, 0.15) is 37.7 Å². The highest BCUT2D eigenvalue weighted by Crippen LogP contribution is 2.35. The average Bonchev–Trinajstić information content (AvgIpc) is 3.28. The van der Waals surface area contributed by atoms with Crippen LogP contribution in [0.5, 0.6) is 5.75 Å². The largest absolute Gasteiger partial charge is 0.496 e. The second-order valence-electron chi connectivity index (χ2n) is 7.34. The number of benzene rings is 1. The average molecular weight is 372 g/mol. The summed E-state index contributed by atoms with van der Waals surface area (Å²) in [6.45, 7) is 2.04. The molecule has 26 heavy (non-hydrogen) atoms. The number of thiazole rings is 1. The van der Waals surface area contributed by atoms with Gasteiger partial charge in [-0.3, -0.25) is 4.79 Å². The number of rotatable bonds is 4. The Labute approximate surface area is 158 Å². The van der Waals surface area contributed by atoms with Crippen LogP contribution in [0, 0.1) is 12.8 Å². The van der Waals surface area contributed by atoms with E-state index >= 15 is 0 Å². The van der Waals surface area contributed by atoms with Crippen LogP contribution in [0.2, 0.25) is 0 Å². The van der Waals surface area contributed by atoms with Crippen molar-refractivity contribution in [2.24, 2.45) is 5.92 Å². The van der Waals surface area contributed by atoms with Gasteiger partial charge in [-0.1, -0.05) is 24.5 Å². The van der Waals surface area contributed by atoms with Crippen molar-refractivity contribution in [2.75, 3.05) is 12.4 Å². The Morgan fingerprint density at radius 3 is 3.00 bits per heavy atom. The molecule has 4 rings (SSSR count). The van der Waals surface area contributed by atoms with Gasteiger partial charge in [0.25, 0.3) is 0 Å². The first-order valence-electron chi connectivity index (χ1n) is 9.31. The van der Waals surface area contributed by atoms with Crippen LogP contribution in [-0.4, -0.2) is 30.1 Å². The van der Waals surface area contributed by atoms with Gasteiger partial charge < -0.3 is 15.4 Å². The topological polar surface area (TPSA) is 63.2 Å². The Balaban J connectivity index is 1.45. The number of nitrogens with zero attached hydrogens (tertiary/aromatic N) is 1. The zero-order chi connectivity index (χ0) is 18.1. The van der Waals surface area contributed by atoms with Gasteiger partial charge in [0, 0.05) is 17.0 Å². The van der Waals surface area contributed by atoms with Crippen LogP contribution >= 0.6 is 11.3 Å². The molecule has 1 aromatic carbocycles. The zero-order valence-electron chi connectivity index (χ0n) is 15.2. The molecule has 1 amide bonds. The zero-order valence-corrected chi connectivity index (χ0v) is 16.1. The van der Waals surface area contributed by atoms with Crippen molar-refractivity contribution in [1.82, 2.24) is 10.3 Å². The fraction of sp³-hybridized carbons (Fsp3) is 0.500. The quantitative estimate of drug-likeness (QED) is 0.853. The molecule has 0 radical (unpaired) electrons. The van der Waals surface area contributed by atoms with E-state index in [2.05, 4.69) is 21.7 Å². The van der Waals surface area contributed by atoms with Crippen molar-refractivity contribution < 1.29 is 9.53 Å². The lowest BCUT2D eigenvalue weighted by Crippen LogP contribution is -2.39. The maximum absolute atomic E-state index is 12.6. The normalized spacial score (nSPS) is 24.9. The first-order valence-corrected chi connectivity index (χ1v) is 10.2. The molecule has 6 heteroatoms. The molecule has 1 saturated carbocycles. The van der Waals surface area contributed by atoms with Crippen molar-refractivity contribution in [3.05, 3.63) is 29.1 Å². The molecule has 2 aromatic rings. The summed E-state index contributed by atoms with van der Waals surface area (Å²) in [5.41, 5.74) is 2.94. The van der Waals surface area contributed by atoms with E-state index in [1.807, 2.05) is 24.4 Å².